The van der Waals surface area contributed by atoms with Crippen LogP contribution in [0.4, 0.5) is 0 Å². The lowest BCUT2D eigenvalue weighted by molar-refractivity contribution is -1.02. The zero-order valence-corrected chi connectivity index (χ0v) is 17.9. The monoisotopic (exact) mass is 402 g/mol. The molecular formula is C22H34N4O3+2. The Morgan fingerprint density at radius 1 is 1.10 bits per heavy atom. The van der Waals surface area contributed by atoms with E-state index < -0.39 is 5.54 Å². The van der Waals surface area contributed by atoms with E-state index in [4.69, 9.17) is 9.47 Å². The molecule has 1 aliphatic heterocycles. The molecule has 0 radical (unpaired) electrons. The van der Waals surface area contributed by atoms with E-state index in [1.54, 1.807) is 14.2 Å². The van der Waals surface area contributed by atoms with Crippen molar-refractivity contribution in [3.63, 3.8) is 0 Å². The van der Waals surface area contributed by atoms with Gasteiger partial charge in [-0.1, -0.05) is 0 Å². The molecule has 3 N–H and O–H groups in total. The van der Waals surface area contributed by atoms with Crippen molar-refractivity contribution in [3.05, 3.63) is 23.3 Å². The first-order chi connectivity index (χ1) is 14.0. The molecular weight excluding hydrogens is 368 g/mol. The second kappa shape index (κ2) is 9.47. The van der Waals surface area contributed by atoms with Crippen LogP contribution in [0.1, 0.15) is 36.8 Å². The molecule has 0 unspecified atom stereocenters. The minimum atomic E-state index is -0.617. The maximum Gasteiger partial charge on any atom is 0.276 e. The summed E-state index contributed by atoms with van der Waals surface area (Å²) in [5, 5.41) is 12.5. The number of nitrogens with zero attached hydrogens (tertiary/aromatic N) is 1. The molecule has 0 aromatic heterocycles. The van der Waals surface area contributed by atoms with Gasteiger partial charge >= 0.3 is 0 Å². The van der Waals surface area contributed by atoms with Crippen molar-refractivity contribution in [3.8, 4) is 17.6 Å². The molecule has 2 aliphatic rings. The third kappa shape index (κ3) is 5.20. The van der Waals surface area contributed by atoms with Gasteiger partial charge in [-0.2, -0.15) is 5.26 Å². The van der Waals surface area contributed by atoms with Crippen LogP contribution in [0, 0.1) is 18.3 Å². The first kappa shape index (κ1) is 21.4. The van der Waals surface area contributed by atoms with Crippen molar-refractivity contribution in [2.24, 2.45) is 0 Å². The van der Waals surface area contributed by atoms with Crippen molar-refractivity contribution in [2.45, 2.75) is 44.7 Å². The number of amides is 1. The third-order valence-corrected chi connectivity index (χ3v) is 6.41. The number of hydrogen-bond donors (Lipinski definition) is 3. The molecule has 7 nitrogen and oxygen atoms in total. The molecule has 1 saturated heterocycles. The highest BCUT2D eigenvalue weighted by Crippen LogP contribution is 2.30. The molecule has 7 heteroatoms. The zero-order valence-electron chi connectivity index (χ0n) is 17.9. The summed E-state index contributed by atoms with van der Waals surface area (Å²) in [4.78, 5) is 15.3. The van der Waals surface area contributed by atoms with Gasteiger partial charge in [0.2, 0.25) is 0 Å². The van der Waals surface area contributed by atoms with Crippen LogP contribution in [0.5, 0.6) is 11.5 Å². The highest BCUT2D eigenvalue weighted by Gasteiger charge is 2.36. The molecule has 0 spiro atoms. The summed E-state index contributed by atoms with van der Waals surface area (Å²) in [7, 11) is 3.32. The molecule has 0 atom stereocenters. The van der Waals surface area contributed by atoms with Crippen molar-refractivity contribution in [1.82, 2.24) is 5.32 Å². The standard InChI is InChI=1S/C22H32N4O3/c1-17-12-19(28-2)20(29-3)13-18(17)14-25-8-10-26(11-9-25)15-21(27)24-22(16-23)6-4-5-7-22/h12-13H,4-11,14-15H2,1-3H3,(H,24,27)/p+2. The molecule has 2 fully saturated rings. The van der Waals surface area contributed by atoms with Crippen LogP contribution in [0.25, 0.3) is 0 Å². The number of methoxy groups -OCH3 is 2. The van der Waals surface area contributed by atoms with Crippen LogP contribution in [-0.4, -0.2) is 58.4 Å². The van der Waals surface area contributed by atoms with Crippen molar-refractivity contribution >= 4 is 5.91 Å². The van der Waals surface area contributed by atoms with Crippen molar-refractivity contribution < 1.29 is 24.1 Å². The predicted molar refractivity (Wildman–Crippen MR) is 109 cm³/mol. The largest absolute Gasteiger partial charge is 0.493 e. The molecule has 1 aliphatic carbocycles. The van der Waals surface area contributed by atoms with E-state index in [9.17, 15) is 10.1 Å². The topological polar surface area (TPSA) is 80.2 Å². The lowest BCUT2D eigenvalue weighted by Gasteiger charge is -2.30. The molecule has 1 amide bonds. The molecule has 158 valence electrons. The first-order valence-corrected chi connectivity index (χ1v) is 10.6. The number of nitrogens with one attached hydrogen (secondary N) is 3. The Kier molecular flexibility index (Phi) is 6.99. The van der Waals surface area contributed by atoms with E-state index in [-0.39, 0.29) is 5.91 Å². The normalized spacial score (nSPS) is 23.2. The second-order valence-electron chi connectivity index (χ2n) is 8.44. The maximum absolute atomic E-state index is 12.5. The average molecular weight is 403 g/mol. The van der Waals surface area contributed by atoms with Crippen molar-refractivity contribution in [2.75, 3.05) is 46.9 Å². The van der Waals surface area contributed by atoms with Crippen LogP contribution in [0.3, 0.4) is 0 Å². The number of piperazine rings is 1. The SMILES string of the molecule is COc1cc(C)c(C[NH+]2CC[NH+](CC(=O)NC3(C#N)CCCC3)CC2)cc1OC. The smallest absolute Gasteiger partial charge is 0.276 e. The molecule has 1 heterocycles. The Balaban J connectivity index is 1.49. The molecule has 3 rings (SSSR count). The van der Waals surface area contributed by atoms with Crippen LogP contribution in [0.15, 0.2) is 12.1 Å². The minimum absolute atomic E-state index is 0.0163. The quantitative estimate of drug-likeness (QED) is 0.561. The number of rotatable bonds is 7. The average Bonchev–Trinajstić information content (AvgIpc) is 3.19. The summed E-state index contributed by atoms with van der Waals surface area (Å²) in [5.74, 6) is 1.55. The van der Waals surface area contributed by atoms with Gasteiger partial charge in [-0.3, -0.25) is 4.79 Å². The number of carbonyl (C=O) groups excluding carboxylic acids is 1. The molecule has 1 aromatic carbocycles. The van der Waals surface area contributed by atoms with Gasteiger partial charge < -0.3 is 24.6 Å². The van der Waals surface area contributed by atoms with Gasteiger partial charge in [0.05, 0.1) is 20.3 Å². The number of aryl methyl sites for hydroxylation is 1. The summed E-state index contributed by atoms with van der Waals surface area (Å²) in [6.45, 7) is 7.51. The van der Waals surface area contributed by atoms with E-state index in [0.29, 0.717) is 6.54 Å². The third-order valence-electron chi connectivity index (χ3n) is 6.41. The number of hydrogen-bond acceptors (Lipinski definition) is 4. The summed E-state index contributed by atoms with van der Waals surface area (Å²) >= 11 is 0. The van der Waals surface area contributed by atoms with E-state index in [1.807, 2.05) is 6.07 Å². The van der Waals surface area contributed by atoms with Gasteiger partial charge in [0.15, 0.2) is 18.0 Å². The van der Waals surface area contributed by atoms with Crippen LogP contribution < -0.4 is 24.6 Å². The van der Waals surface area contributed by atoms with Crippen LogP contribution in [-0.2, 0) is 11.3 Å². The molecule has 29 heavy (non-hydrogen) atoms. The number of carbonyl (C=O) groups is 1. The van der Waals surface area contributed by atoms with Gasteiger partial charge in [-0.05, 0) is 50.3 Å². The number of quaternary nitrogens is 2. The Labute approximate surface area is 173 Å². The minimum Gasteiger partial charge on any atom is -0.493 e. The summed E-state index contributed by atoms with van der Waals surface area (Å²) < 4.78 is 10.8. The Morgan fingerprint density at radius 2 is 1.69 bits per heavy atom. The van der Waals surface area contributed by atoms with E-state index in [2.05, 4.69) is 24.4 Å². The number of ether oxygens (including phenoxy) is 2. The molecule has 1 aromatic rings. The van der Waals surface area contributed by atoms with E-state index in [0.717, 1.165) is 69.9 Å². The van der Waals surface area contributed by atoms with E-state index in [1.165, 1.54) is 20.9 Å². The first-order valence-electron chi connectivity index (χ1n) is 10.6. The van der Waals surface area contributed by atoms with Gasteiger partial charge in [0.1, 0.15) is 38.3 Å². The predicted octanol–water partition coefficient (Wildman–Crippen LogP) is -0.752. The second-order valence-corrected chi connectivity index (χ2v) is 8.44. The van der Waals surface area contributed by atoms with Crippen LogP contribution in [0.2, 0.25) is 0 Å². The maximum atomic E-state index is 12.5. The van der Waals surface area contributed by atoms with Crippen LogP contribution >= 0.6 is 0 Å². The van der Waals surface area contributed by atoms with Gasteiger partial charge in [-0.25, -0.2) is 0 Å². The van der Waals surface area contributed by atoms with Crippen molar-refractivity contribution in [1.29, 1.82) is 5.26 Å². The Bertz CT molecular complexity index is 760. The fraction of sp³-hybridized carbons (Fsp3) is 0.636. The zero-order chi connectivity index (χ0) is 20.9. The number of benzene rings is 1. The molecule has 0 bridgehead atoms. The highest BCUT2D eigenvalue weighted by molar-refractivity contribution is 5.78. The Morgan fingerprint density at radius 3 is 2.28 bits per heavy atom. The van der Waals surface area contributed by atoms with E-state index >= 15 is 0 Å². The fourth-order valence-corrected chi connectivity index (χ4v) is 4.57. The highest BCUT2D eigenvalue weighted by atomic mass is 16.5. The summed E-state index contributed by atoms with van der Waals surface area (Å²) in [5.41, 5.74) is 1.87. The summed E-state index contributed by atoms with van der Waals surface area (Å²) in [6, 6.07) is 6.45. The lowest BCUT2D eigenvalue weighted by atomic mass is 10.00. The molecule has 1 saturated carbocycles. The van der Waals surface area contributed by atoms with Gasteiger partial charge in [0.25, 0.3) is 5.91 Å². The van der Waals surface area contributed by atoms with Gasteiger partial charge in [0, 0.05) is 5.56 Å². The number of nitriles is 1. The lowest BCUT2D eigenvalue weighted by Crippen LogP contribution is -3.28. The van der Waals surface area contributed by atoms with Gasteiger partial charge in [-0.15, -0.1) is 0 Å². The summed E-state index contributed by atoms with van der Waals surface area (Å²) in [6.07, 6.45) is 3.62. The Hall–Kier alpha value is -2.30. The fourth-order valence-electron chi connectivity index (χ4n) is 4.57.